The van der Waals surface area contributed by atoms with Crippen LogP contribution in [0, 0.1) is 0 Å². The maximum atomic E-state index is 5.92. The number of piperazine rings is 1. The maximum absolute atomic E-state index is 5.92. The molecule has 2 aliphatic heterocycles. The molecule has 2 fully saturated rings. The molecule has 1 aromatic heterocycles. The zero-order valence-electron chi connectivity index (χ0n) is 15.8. The van der Waals surface area contributed by atoms with Gasteiger partial charge in [0.15, 0.2) is 0 Å². The van der Waals surface area contributed by atoms with Gasteiger partial charge in [0.05, 0.1) is 19.8 Å². The third-order valence-electron chi connectivity index (χ3n) is 5.73. The van der Waals surface area contributed by atoms with Gasteiger partial charge in [0, 0.05) is 50.7 Å². The SMILES string of the molecule is CCC[C@H]1COC[C@H]2CN(Cc3ccccc3Cn3cccn3)CCN12. The first-order valence-corrected chi connectivity index (χ1v) is 9.93. The minimum absolute atomic E-state index is 0.548. The molecular weight excluding hydrogens is 324 g/mol. The lowest BCUT2D eigenvalue weighted by Crippen LogP contribution is -2.61. The van der Waals surface area contributed by atoms with Gasteiger partial charge in [-0.1, -0.05) is 37.6 Å². The second-order valence-electron chi connectivity index (χ2n) is 7.58. The van der Waals surface area contributed by atoms with Gasteiger partial charge < -0.3 is 4.74 Å². The van der Waals surface area contributed by atoms with Crippen molar-refractivity contribution in [2.24, 2.45) is 0 Å². The zero-order chi connectivity index (χ0) is 17.8. The summed E-state index contributed by atoms with van der Waals surface area (Å²) in [6.45, 7) is 9.34. The van der Waals surface area contributed by atoms with Crippen LogP contribution in [0.1, 0.15) is 30.9 Å². The van der Waals surface area contributed by atoms with Gasteiger partial charge in [-0.2, -0.15) is 5.10 Å². The van der Waals surface area contributed by atoms with Crippen LogP contribution in [0.5, 0.6) is 0 Å². The summed E-state index contributed by atoms with van der Waals surface area (Å²) in [5.41, 5.74) is 2.78. The molecule has 2 atom stereocenters. The Kier molecular flexibility index (Phi) is 5.68. The highest BCUT2D eigenvalue weighted by atomic mass is 16.5. The van der Waals surface area contributed by atoms with Crippen LogP contribution in [-0.2, 0) is 17.8 Å². The summed E-state index contributed by atoms with van der Waals surface area (Å²) < 4.78 is 7.92. The Bertz CT molecular complexity index is 685. The minimum Gasteiger partial charge on any atom is -0.378 e. The second kappa shape index (κ2) is 8.33. The first-order valence-electron chi connectivity index (χ1n) is 9.93. The van der Waals surface area contributed by atoms with Gasteiger partial charge >= 0.3 is 0 Å². The van der Waals surface area contributed by atoms with Crippen molar-refractivity contribution in [3.8, 4) is 0 Å². The fraction of sp³-hybridized carbons (Fsp3) is 0.571. The molecule has 2 aromatic rings. The number of aromatic nitrogens is 2. The van der Waals surface area contributed by atoms with Crippen molar-refractivity contribution < 1.29 is 4.74 Å². The smallest absolute Gasteiger partial charge is 0.0662 e. The highest BCUT2D eigenvalue weighted by molar-refractivity contribution is 5.27. The molecule has 5 heteroatoms. The van der Waals surface area contributed by atoms with E-state index >= 15 is 0 Å². The van der Waals surface area contributed by atoms with Crippen LogP contribution in [0.15, 0.2) is 42.7 Å². The van der Waals surface area contributed by atoms with Crippen LogP contribution in [0.4, 0.5) is 0 Å². The van der Waals surface area contributed by atoms with Gasteiger partial charge in [-0.3, -0.25) is 14.5 Å². The van der Waals surface area contributed by atoms with E-state index in [1.807, 2.05) is 23.1 Å². The van der Waals surface area contributed by atoms with Crippen molar-refractivity contribution in [3.63, 3.8) is 0 Å². The van der Waals surface area contributed by atoms with E-state index < -0.39 is 0 Å². The summed E-state index contributed by atoms with van der Waals surface area (Å²) in [6.07, 6.45) is 6.37. The summed E-state index contributed by atoms with van der Waals surface area (Å²) in [5, 5.41) is 4.36. The average molecular weight is 354 g/mol. The Morgan fingerprint density at radius 1 is 1.08 bits per heavy atom. The van der Waals surface area contributed by atoms with Gasteiger partial charge in [0.2, 0.25) is 0 Å². The van der Waals surface area contributed by atoms with E-state index in [-0.39, 0.29) is 0 Å². The van der Waals surface area contributed by atoms with Crippen molar-refractivity contribution in [2.45, 2.75) is 44.9 Å². The predicted molar refractivity (Wildman–Crippen MR) is 103 cm³/mol. The molecule has 2 aliphatic rings. The van der Waals surface area contributed by atoms with Crippen LogP contribution in [0.2, 0.25) is 0 Å². The van der Waals surface area contributed by atoms with Crippen LogP contribution < -0.4 is 0 Å². The number of benzene rings is 1. The largest absolute Gasteiger partial charge is 0.378 e. The Labute approximate surface area is 156 Å². The van der Waals surface area contributed by atoms with Crippen molar-refractivity contribution in [2.75, 3.05) is 32.8 Å². The van der Waals surface area contributed by atoms with Crippen molar-refractivity contribution in [1.29, 1.82) is 0 Å². The third-order valence-corrected chi connectivity index (χ3v) is 5.73. The molecule has 26 heavy (non-hydrogen) atoms. The summed E-state index contributed by atoms with van der Waals surface area (Å²) in [4.78, 5) is 5.31. The first-order chi connectivity index (χ1) is 12.8. The lowest BCUT2D eigenvalue weighted by molar-refractivity contribution is -0.0841. The van der Waals surface area contributed by atoms with Gasteiger partial charge in [0.1, 0.15) is 0 Å². The molecule has 2 saturated heterocycles. The molecule has 0 saturated carbocycles. The van der Waals surface area contributed by atoms with Crippen LogP contribution >= 0.6 is 0 Å². The third kappa shape index (κ3) is 4.00. The topological polar surface area (TPSA) is 33.5 Å². The standard InChI is InChI=1S/C21H30N4O/c1-2-6-20-16-26-17-21-15-23(11-12-25(20)21)13-18-7-3-4-8-19(18)14-24-10-5-9-22-24/h3-5,7-10,20-21H,2,6,11-17H2,1H3/t20-,21+/m0/s1. The molecule has 0 N–H and O–H groups in total. The normalized spacial score (nSPS) is 24.5. The number of morpholine rings is 1. The van der Waals surface area contributed by atoms with E-state index in [0.29, 0.717) is 12.1 Å². The highest BCUT2D eigenvalue weighted by Gasteiger charge is 2.35. The fourth-order valence-corrected chi connectivity index (χ4v) is 4.40. The first kappa shape index (κ1) is 17.7. The van der Waals surface area contributed by atoms with Crippen molar-refractivity contribution >= 4 is 0 Å². The van der Waals surface area contributed by atoms with Crippen LogP contribution in [-0.4, -0.2) is 64.5 Å². The summed E-state index contributed by atoms with van der Waals surface area (Å²) in [5.74, 6) is 0. The Morgan fingerprint density at radius 2 is 1.92 bits per heavy atom. The van der Waals surface area contributed by atoms with E-state index in [2.05, 4.69) is 46.1 Å². The number of rotatable bonds is 6. The highest BCUT2D eigenvalue weighted by Crippen LogP contribution is 2.23. The molecular formula is C21H30N4O. The number of hydrogen-bond acceptors (Lipinski definition) is 4. The van der Waals surface area contributed by atoms with Gasteiger partial charge in [-0.05, 0) is 23.6 Å². The van der Waals surface area contributed by atoms with E-state index in [4.69, 9.17) is 4.74 Å². The number of fused-ring (bicyclic) bond motifs is 1. The number of ether oxygens (including phenoxy) is 1. The van der Waals surface area contributed by atoms with Gasteiger partial charge in [-0.15, -0.1) is 0 Å². The van der Waals surface area contributed by atoms with Crippen LogP contribution in [0.3, 0.4) is 0 Å². The minimum atomic E-state index is 0.548. The van der Waals surface area contributed by atoms with E-state index in [1.165, 1.54) is 30.5 Å². The van der Waals surface area contributed by atoms with Gasteiger partial charge in [0.25, 0.3) is 0 Å². The maximum Gasteiger partial charge on any atom is 0.0662 e. The lowest BCUT2D eigenvalue weighted by Gasteiger charge is -2.48. The summed E-state index contributed by atoms with van der Waals surface area (Å²) in [6, 6.07) is 11.9. The molecule has 3 heterocycles. The molecule has 0 spiro atoms. The van der Waals surface area contributed by atoms with Crippen molar-refractivity contribution in [1.82, 2.24) is 19.6 Å². The Balaban J connectivity index is 1.41. The number of hydrogen-bond donors (Lipinski definition) is 0. The van der Waals surface area contributed by atoms with E-state index in [1.54, 1.807) is 0 Å². The second-order valence-corrected chi connectivity index (χ2v) is 7.58. The monoisotopic (exact) mass is 354 g/mol. The summed E-state index contributed by atoms with van der Waals surface area (Å²) >= 11 is 0. The molecule has 0 bridgehead atoms. The van der Waals surface area contributed by atoms with Crippen LogP contribution in [0.25, 0.3) is 0 Å². The molecule has 0 unspecified atom stereocenters. The molecule has 0 amide bonds. The van der Waals surface area contributed by atoms with E-state index in [0.717, 1.165) is 39.4 Å². The molecule has 0 aliphatic carbocycles. The lowest BCUT2D eigenvalue weighted by atomic mass is 10.0. The van der Waals surface area contributed by atoms with Crippen molar-refractivity contribution in [3.05, 3.63) is 53.9 Å². The molecule has 140 valence electrons. The Hall–Kier alpha value is -1.69. The Morgan fingerprint density at radius 3 is 2.69 bits per heavy atom. The average Bonchev–Trinajstić information content (AvgIpc) is 3.17. The molecule has 1 aromatic carbocycles. The molecule has 4 rings (SSSR count). The quantitative estimate of drug-likeness (QED) is 0.798. The zero-order valence-corrected chi connectivity index (χ0v) is 15.8. The summed E-state index contributed by atoms with van der Waals surface area (Å²) in [7, 11) is 0. The fourth-order valence-electron chi connectivity index (χ4n) is 4.40. The van der Waals surface area contributed by atoms with E-state index in [9.17, 15) is 0 Å². The molecule has 5 nitrogen and oxygen atoms in total. The molecule has 0 radical (unpaired) electrons. The number of nitrogens with zero attached hydrogens (tertiary/aromatic N) is 4. The predicted octanol–water partition coefficient (Wildman–Crippen LogP) is 2.62. The van der Waals surface area contributed by atoms with Gasteiger partial charge in [-0.25, -0.2) is 0 Å².